The van der Waals surface area contributed by atoms with Gasteiger partial charge in [-0.1, -0.05) is 64.1 Å². The number of aliphatic hydroxyl groups is 1. The molecule has 0 aromatic heterocycles. The van der Waals surface area contributed by atoms with Crippen molar-refractivity contribution in [3.8, 4) is 0 Å². The first kappa shape index (κ1) is 13.0. The van der Waals surface area contributed by atoms with Crippen LogP contribution in [0.15, 0.2) is 36.4 Å². The molecule has 1 N–H and O–H groups in total. The summed E-state index contributed by atoms with van der Waals surface area (Å²) in [6, 6.07) is 10.1. The average Bonchev–Trinajstić information content (AvgIpc) is 2.26. The molecule has 0 bridgehead atoms. The fraction of sp³-hybridized carbons (Fsp3) is 0.467. The van der Waals surface area contributed by atoms with E-state index in [4.69, 9.17) is 0 Å². The van der Waals surface area contributed by atoms with Crippen LogP contribution in [0.4, 0.5) is 0 Å². The smallest absolute Gasteiger partial charge is 0.0815 e. The molecule has 0 heterocycles. The summed E-state index contributed by atoms with van der Waals surface area (Å²) in [6.07, 6.45) is 1.77. The fourth-order valence-corrected chi connectivity index (χ4v) is 1.71. The van der Waals surface area contributed by atoms with Crippen LogP contribution in [0.2, 0.25) is 0 Å². The summed E-state index contributed by atoms with van der Waals surface area (Å²) in [5.41, 5.74) is 2.17. The van der Waals surface area contributed by atoms with Crippen LogP contribution in [-0.2, 0) is 0 Å². The lowest BCUT2D eigenvalue weighted by Crippen LogP contribution is -2.17. The molecule has 1 nitrogen and oxygen atoms in total. The van der Waals surface area contributed by atoms with Gasteiger partial charge in [0, 0.05) is 0 Å². The Morgan fingerprint density at radius 2 is 1.62 bits per heavy atom. The molecule has 0 amide bonds. The molecule has 1 aromatic rings. The van der Waals surface area contributed by atoms with Crippen molar-refractivity contribution in [2.75, 3.05) is 0 Å². The number of benzene rings is 1. The Bertz CT molecular complexity index is 336. The third-order valence-electron chi connectivity index (χ3n) is 2.57. The molecular weight excluding hydrogens is 196 g/mol. The van der Waals surface area contributed by atoms with Crippen LogP contribution in [0.5, 0.6) is 0 Å². The van der Waals surface area contributed by atoms with Crippen LogP contribution < -0.4 is 0 Å². The minimum Gasteiger partial charge on any atom is -0.388 e. The van der Waals surface area contributed by atoms with Gasteiger partial charge in [0.25, 0.3) is 0 Å². The highest BCUT2D eigenvalue weighted by atomic mass is 16.3. The van der Waals surface area contributed by atoms with Crippen LogP contribution in [0.25, 0.3) is 5.57 Å². The van der Waals surface area contributed by atoms with Crippen molar-refractivity contribution in [2.45, 2.75) is 33.8 Å². The SMILES string of the molecule is CC(C)/C=C(\c1ccccc1)[C@H](O)C(C)C. The van der Waals surface area contributed by atoms with E-state index in [0.29, 0.717) is 5.92 Å². The van der Waals surface area contributed by atoms with E-state index in [9.17, 15) is 5.11 Å². The van der Waals surface area contributed by atoms with Gasteiger partial charge in [0.1, 0.15) is 0 Å². The van der Waals surface area contributed by atoms with E-state index in [1.54, 1.807) is 0 Å². The van der Waals surface area contributed by atoms with Gasteiger partial charge in [-0.25, -0.2) is 0 Å². The Hall–Kier alpha value is -1.08. The maximum atomic E-state index is 10.2. The van der Waals surface area contributed by atoms with Crippen molar-refractivity contribution in [1.82, 2.24) is 0 Å². The molecule has 0 aliphatic rings. The van der Waals surface area contributed by atoms with E-state index in [2.05, 4.69) is 32.1 Å². The second-order valence-electron chi connectivity index (χ2n) is 4.92. The van der Waals surface area contributed by atoms with E-state index in [0.717, 1.165) is 11.1 Å². The van der Waals surface area contributed by atoms with Gasteiger partial charge in [-0.15, -0.1) is 0 Å². The van der Waals surface area contributed by atoms with Crippen molar-refractivity contribution >= 4 is 5.57 Å². The average molecular weight is 218 g/mol. The van der Waals surface area contributed by atoms with Crippen molar-refractivity contribution < 1.29 is 5.11 Å². The Balaban J connectivity index is 3.07. The van der Waals surface area contributed by atoms with Gasteiger partial charge in [0.05, 0.1) is 6.10 Å². The summed E-state index contributed by atoms with van der Waals surface area (Å²) >= 11 is 0. The highest BCUT2D eigenvalue weighted by molar-refractivity contribution is 5.69. The third kappa shape index (κ3) is 3.49. The van der Waals surface area contributed by atoms with Crippen molar-refractivity contribution in [2.24, 2.45) is 11.8 Å². The third-order valence-corrected chi connectivity index (χ3v) is 2.57. The molecule has 16 heavy (non-hydrogen) atoms. The molecule has 0 saturated heterocycles. The molecule has 1 atom stereocenters. The Kier molecular flexibility index (Phi) is 4.75. The van der Waals surface area contributed by atoms with Crippen LogP contribution in [0.3, 0.4) is 0 Å². The zero-order valence-corrected chi connectivity index (χ0v) is 10.6. The van der Waals surface area contributed by atoms with Gasteiger partial charge in [0.2, 0.25) is 0 Å². The fourth-order valence-electron chi connectivity index (χ4n) is 1.71. The molecule has 0 aliphatic heterocycles. The summed E-state index contributed by atoms with van der Waals surface area (Å²) in [4.78, 5) is 0. The molecule has 1 heteroatoms. The maximum absolute atomic E-state index is 10.2. The zero-order chi connectivity index (χ0) is 12.1. The van der Waals surface area contributed by atoms with E-state index in [1.165, 1.54) is 0 Å². The lowest BCUT2D eigenvalue weighted by molar-refractivity contribution is 0.181. The highest BCUT2D eigenvalue weighted by Gasteiger charge is 2.16. The summed E-state index contributed by atoms with van der Waals surface area (Å²) in [5, 5.41) is 10.2. The molecule has 1 aromatic carbocycles. The molecule has 88 valence electrons. The lowest BCUT2D eigenvalue weighted by Gasteiger charge is -2.20. The quantitative estimate of drug-likeness (QED) is 0.816. The number of rotatable bonds is 4. The van der Waals surface area contributed by atoms with Gasteiger partial charge >= 0.3 is 0 Å². The van der Waals surface area contributed by atoms with Crippen LogP contribution in [0.1, 0.15) is 33.3 Å². The molecule has 0 unspecified atom stereocenters. The van der Waals surface area contributed by atoms with E-state index >= 15 is 0 Å². The Morgan fingerprint density at radius 3 is 2.06 bits per heavy atom. The second kappa shape index (κ2) is 5.86. The lowest BCUT2D eigenvalue weighted by atomic mass is 9.91. The molecule has 0 saturated carbocycles. The van der Waals surface area contributed by atoms with Crippen LogP contribution in [-0.4, -0.2) is 11.2 Å². The van der Waals surface area contributed by atoms with Crippen molar-refractivity contribution in [3.05, 3.63) is 42.0 Å². The summed E-state index contributed by atoms with van der Waals surface area (Å²) in [6.45, 7) is 8.36. The normalized spacial score (nSPS) is 14.6. The minimum absolute atomic E-state index is 0.241. The Morgan fingerprint density at radius 1 is 1.06 bits per heavy atom. The summed E-state index contributed by atoms with van der Waals surface area (Å²) in [5.74, 6) is 0.689. The number of hydrogen-bond donors (Lipinski definition) is 1. The van der Waals surface area contributed by atoms with E-state index in [1.807, 2.05) is 32.0 Å². The standard InChI is InChI=1S/C15H22O/c1-11(2)10-14(15(16)12(3)4)13-8-6-5-7-9-13/h5-12,15-16H,1-4H3/b14-10+/t15-/m1/s1. The second-order valence-corrected chi connectivity index (χ2v) is 4.92. The monoisotopic (exact) mass is 218 g/mol. The first-order valence-corrected chi connectivity index (χ1v) is 5.97. The first-order valence-electron chi connectivity index (χ1n) is 5.97. The van der Waals surface area contributed by atoms with Gasteiger partial charge < -0.3 is 5.11 Å². The molecule has 0 fully saturated rings. The zero-order valence-electron chi connectivity index (χ0n) is 10.6. The number of aliphatic hydroxyl groups excluding tert-OH is 1. The van der Waals surface area contributed by atoms with Crippen LogP contribution in [0, 0.1) is 11.8 Å². The molecular formula is C15H22O. The predicted octanol–water partition coefficient (Wildman–Crippen LogP) is 3.74. The van der Waals surface area contributed by atoms with E-state index < -0.39 is 0 Å². The Labute approximate surface area is 98.8 Å². The largest absolute Gasteiger partial charge is 0.388 e. The van der Waals surface area contributed by atoms with Crippen molar-refractivity contribution in [3.63, 3.8) is 0 Å². The van der Waals surface area contributed by atoms with Gasteiger partial charge in [-0.2, -0.15) is 0 Å². The van der Waals surface area contributed by atoms with E-state index in [-0.39, 0.29) is 12.0 Å². The molecule has 0 aliphatic carbocycles. The van der Waals surface area contributed by atoms with Crippen molar-refractivity contribution in [1.29, 1.82) is 0 Å². The summed E-state index contributed by atoms with van der Waals surface area (Å²) < 4.78 is 0. The summed E-state index contributed by atoms with van der Waals surface area (Å²) in [7, 11) is 0. The molecule has 0 spiro atoms. The first-order chi connectivity index (χ1) is 7.52. The van der Waals surface area contributed by atoms with Crippen LogP contribution >= 0.6 is 0 Å². The van der Waals surface area contributed by atoms with Gasteiger partial charge in [-0.05, 0) is 23.0 Å². The number of allylic oxidation sites excluding steroid dienone is 1. The minimum atomic E-state index is -0.384. The maximum Gasteiger partial charge on any atom is 0.0815 e. The van der Waals surface area contributed by atoms with Gasteiger partial charge in [0.15, 0.2) is 0 Å². The predicted molar refractivity (Wildman–Crippen MR) is 70.1 cm³/mol. The highest BCUT2D eigenvalue weighted by Crippen LogP contribution is 2.24. The topological polar surface area (TPSA) is 20.2 Å². The van der Waals surface area contributed by atoms with Gasteiger partial charge in [-0.3, -0.25) is 0 Å². The molecule has 1 rings (SSSR count). The molecule has 0 radical (unpaired) electrons. The number of hydrogen-bond acceptors (Lipinski definition) is 1.